The van der Waals surface area contributed by atoms with Crippen molar-refractivity contribution in [3.8, 4) is 0 Å². The van der Waals surface area contributed by atoms with E-state index in [1.54, 1.807) is 18.3 Å². The van der Waals surface area contributed by atoms with E-state index in [2.05, 4.69) is 14.9 Å². The van der Waals surface area contributed by atoms with Gasteiger partial charge in [0.1, 0.15) is 6.29 Å². The van der Waals surface area contributed by atoms with Crippen LogP contribution in [0, 0.1) is 0 Å². The van der Waals surface area contributed by atoms with Crippen LogP contribution < -0.4 is 4.90 Å². The highest BCUT2D eigenvalue weighted by Gasteiger charge is 2.13. The van der Waals surface area contributed by atoms with Crippen LogP contribution in [0.25, 0.3) is 10.9 Å². The minimum Gasteiger partial charge on any atom is -0.378 e. The van der Waals surface area contributed by atoms with Gasteiger partial charge in [-0.05, 0) is 18.2 Å². The summed E-state index contributed by atoms with van der Waals surface area (Å²) >= 11 is 0. The van der Waals surface area contributed by atoms with E-state index in [1.165, 1.54) is 0 Å². The highest BCUT2D eigenvalue weighted by molar-refractivity contribution is 5.86. The van der Waals surface area contributed by atoms with Crippen molar-refractivity contribution >= 4 is 23.1 Å². The Morgan fingerprint density at radius 2 is 2.11 bits per heavy atom. The monoisotopic (exact) mass is 243 g/mol. The van der Waals surface area contributed by atoms with Gasteiger partial charge in [0, 0.05) is 30.2 Å². The van der Waals surface area contributed by atoms with Gasteiger partial charge < -0.3 is 9.64 Å². The van der Waals surface area contributed by atoms with Crippen LogP contribution in [-0.2, 0) is 4.74 Å². The van der Waals surface area contributed by atoms with Crippen LogP contribution in [0.3, 0.4) is 0 Å². The number of benzene rings is 1. The Balaban J connectivity index is 1.97. The molecule has 0 amide bonds. The number of aromatic nitrogens is 2. The third-order valence-electron chi connectivity index (χ3n) is 3.02. The lowest BCUT2D eigenvalue weighted by molar-refractivity contribution is 0.112. The Bertz CT molecular complexity index is 579. The second kappa shape index (κ2) is 4.70. The summed E-state index contributed by atoms with van der Waals surface area (Å²) in [5, 5.41) is 0.886. The Morgan fingerprint density at radius 3 is 2.89 bits per heavy atom. The first-order chi connectivity index (χ1) is 8.86. The molecule has 1 aliphatic rings. The number of hydrogen-bond donors (Lipinski definition) is 0. The van der Waals surface area contributed by atoms with Gasteiger partial charge in [-0.2, -0.15) is 0 Å². The molecule has 1 fully saturated rings. The molecule has 92 valence electrons. The molecule has 0 radical (unpaired) electrons. The second-order valence-corrected chi connectivity index (χ2v) is 4.21. The molecule has 0 spiro atoms. The normalized spacial score (nSPS) is 15.9. The number of rotatable bonds is 2. The summed E-state index contributed by atoms with van der Waals surface area (Å²) in [7, 11) is 0. The molecule has 3 rings (SSSR count). The van der Waals surface area contributed by atoms with Crippen LogP contribution in [0.2, 0.25) is 0 Å². The predicted molar refractivity (Wildman–Crippen MR) is 68.0 cm³/mol. The third kappa shape index (κ3) is 2.04. The molecule has 5 heteroatoms. The Labute approximate surface area is 104 Å². The van der Waals surface area contributed by atoms with E-state index in [0.29, 0.717) is 18.8 Å². The van der Waals surface area contributed by atoms with E-state index in [0.717, 1.165) is 36.2 Å². The zero-order chi connectivity index (χ0) is 12.4. The molecule has 1 aliphatic heterocycles. The van der Waals surface area contributed by atoms with Crippen molar-refractivity contribution in [2.24, 2.45) is 0 Å². The summed E-state index contributed by atoms with van der Waals surface area (Å²) in [5.74, 6) is 0.727. The van der Waals surface area contributed by atoms with Crippen molar-refractivity contribution in [2.75, 3.05) is 31.2 Å². The number of aldehydes is 1. The molecule has 0 atom stereocenters. The van der Waals surface area contributed by atoms with E-state index in [9.17, 15) is 4.79 Å². The number of carbonyl (C=O) groups excluding carboxylic acids is 1. The molecule has 1 aromatic heterocycles. The molecular weight excluding hydrogens is 230 g/mol. The van der Waals surface area contributed by atoms with Crippen LogP contribution in [0.15, 0.2) is 24.4 Å². The van der Waals surface area contributed by atoms with Gasteiger partial charge in [-0.1, -0.05) is 0 Å². The smallest absolute Gasteiger partial charge is 0.226 e. The fourth-order valence-electron chi connectivity index (χ4n) is 2.03. The van der Waals surface area contributed by atoms with Gasteiger partial charge in [-0.25, -0.2) is 9.97 Å². The largest absolute Gasteiger partial charge is 0.378 e. The zero-order valence-electron chi connectivity index (χ0n) is 9.87. The molecule has 2 heterocycles. The predicted octanol–water partition coefficient (Wildman–Crippen LogP) is 1.28. The third-order valence-corrected chi connectivity index (χ3v) is 3.02. The van der Waals surface area contributed by atoms with Crippen LogP contribution in [0.5, 0.6) is 0 Å². The number of carbonyl (C=O) groups is 1. The second-order valence-electron chi connectivity index (χ2n) is 4.21. The van der Waals surface area contributed by atoms with E-state index >= 15 is 0 Å². The standard InChI is InChI=1S/C13H13N3O2/c17-9-10-1-2-12-11(7-10)8-14-13(15-12)16-3-5-18-6-4-16/h1-2,7-9H,3-6H2. The van der Waals surface area contributed by atoms with Gasteiger partial charge in [0.25, 0.3) is 0 Å². The Morgan fingerprint density at radius 1 is 1.28 bits per heavy atom. The average Bonchev–Trinajstić information content (AvgIpc) is 2.47. The highest BCUT2D eigenvalue weighted by Crippen LogP contribution is 2.17. The maximum atomic E-state index is 10.7. The van der Waals surface area contributed by atoms with Crippen molar-refractivity contribution in [1.29, 1.82) is 0 Å². The number of fused-ring (bicyclic) bond motifs is 1. The quantitative estimate of drug-likeness (QED) is 0.744. The summed E-state index contributed by atoms with van der Waals surface area (Å²) in [6, 6.07) is 5.42. The van der Waals surface area contributed by atoms with Crippen LogP contribution >= 0.6 is 0 Å². The average molecular weight is 243 g/mol. The molecule has 0 saturated carbocycles. The van der Waals surface area contributed by atoms with Crippen molar-refractivity contribution in [2.45, 2.75) is 0 Å². The van der Waals surface area contributed by atoms with E-state index in [4.69, 9.17) is 4.74 Å². The summed E-state index contributed by atoms with van der Waals surface area (Å²) in [6.07, 6.45) is 2.59. The number of hydrogen-bond acceptors (Lipinski definition) is 5. The number of nitrogens with zero attached hydrogens (tertiary/aromatic N) is 3. The van der Waals surface area contributed by atoms with Crippen LogP contribution in [-0.4, -0.2) is 42.6 Å². The van der Waals surface area contributed by atoms with Gasteiger partial charge in [-0.3, -0.25) is 4.79 Å². The van der Waals surface area contributed by atoms with Gasteiger partial charge in [0.15, 0.2) is 0 Å². The van der Waals surface area contributed by atoms with Crippen molar-refractivity contribution in [3.63, 3.8) is 0 Å². The van der Waals surface area contributed by atoms with E-state index < -0.39 is 0 Å². The lowest BCUT2D eigenvalue weighted by Crippen LogP contribution is -2.37. The van der Waals surface area contributed by atoms with Gasteiger partial charge in [0.05, 0.1) is 18.7 Å². The molecule has 5 nitrogen and oxygen atoms in total. The molecule has 1 saturated heterocycles. The van der Waals surface area contributed by atoms with Crippen LogP contribution in [0.4, 0.5) is 5.95 Å². The van der Waals surface area contributed by atoms with E-state index in [1.807, 2.05) is 6.07 Å². The number of ether oxygens (including phenoxy) is 1. The summed E-state index contributed by atoms with van der Waals surface area (Å²) in [4.78, 5) is 21.7. The molecule has 0 unspecified atom stereocenters. The van der Waals surface area contributed by atoms with Crippen molar-refractivity contribution in [1.82, 2.24) is 9.97 Å². The SMILES string of the molecule is O=Cc1ccc2nc(N3CCOCC3)ncc2c1. The molecule has 18 heavy (non-hydrogen) atoms. The molecule has 2 aromatic rings. The number of anilines is 1. The summed E-state index contributed by atoms with van der Waals surface area (Å²) < 4.78 is 5.30. The highest BCUT2D eigenvalue weighted by atomic mass is 16.5. The van der Waals surface area contributed by atoms with E-state index in [-0.39, 0.29) is 0 Å². The molecule has 0 aliphatic carbocycles. The first kappa shape index (κ1) is 11.1. The zero-order valence-corrected chi connectivity index (χ0v) is 9.87. The minimum absolute atomic E-state index is 0.644. The lowest BCUT2D eigenvalue weighted by atomic mass is 10.2. The van der Waals surface area contributed by atoms with Gasteiger partial charge in [-0.15, -0.1) is 0 Å². The Kier molecular flexibility index (Phi) is 2.90. The minimum atomic E-state index is 0.644. The molecule has 1 aromatic carbocycles. The maximum Gasteiger partial charge on any atom is 0.226 e. The molecule has 0 N–H and O–H groups in total. The first-order valence-corrected chi connectivity index (χ1v) is 5.91. The van der Waals surface area contributed by atoms with Crippen LogP contribution in [0.1, 0.15) is 10.4 Å². The fourth-order valence-corrected chi connectivity index (χ4v) is 2.03. The Hall–Kier alpha value is -2.01. The topological polar surface area (TPSA) is 55.3 Å². The van der Waals surface area contributed by atoms with Gasteiger partial charge >= 0.3 is 0 Å². The summed E-state index contributed by atoms with van der Waals surface area (Å²) in [6.45, 7) is 3.06. The lowest BCUT2D eigenvalue weighted by Gasteiger charge is -2.26. The maximum absolute atomic E-state index is 10.7. The first-order valence-electron chi connectivity index (χ1n) is 5.91. The van der Waals surface area contributed by atoms with Crippen molar-refractivity contribution < 1.29 is 9.53 Å². The molecular formula is C13H13N3O2. The number of morpholine rings is 1. The van der Waals surface area contributed by atoms with Gasteiger partial charge in [0.2, 0.25) is 5.95 Å². The molecule has 0 bridgehead atoms. The summed E-state index contributed by atoms with van der Waals surface area (Å²) in [5.41, 5.74) is 1.50. The fraction of sp³-hybridized carbons (Fsp3) is 0.308. The van der Waals surface area contributed by atoms with Crippen molar-refractivity contribution in [3.05, 3.63) is 30.0 Å².